The molecule has 0 saturated carbocycles. The number of benzene rings is 1. The van der Waals surface area contributed by atoms with Gasteiger partial charge in [0.25, 0.3) is 0 Å². The summed E-state index contributed by atoms with van der Waals surface area (Å²) in [5, 5.41) is 6.23. The Morgan fingerprint density at radius 3 is 2.68 bits per heavy atom. The maximum Gasteiger partial charge on any atom is 0.242 e. The smallest absolute Gasteiger partial charge is 0.242 e. The first-order chi connectivity index (χ1) is 10.5. The van der Waals surface area contributed by atoms with Crippen LogP contribution < -0.4 is 15.5 Å². The van der Waals surface area contributed by atoms with Crippen LogP contribution >= 0.6 is 11.6 Å². The number of rotatable bonds is 5. The zero-order valence-corrected chi connectivity index (χ0v) is 13.7. The molecule has 0 radical (unpaired) electrons. The molecular weight excluding hydrogens is 302 g/mol. The fraction of sp³-hybridized carbons (Fsp3) is 0.500. The molecule has 2 atom stereocenters. The molecule has 0 bridgehead atoms. The molecule has 22 heavy (non-hydrogen) atoms. The predicted octanol–water partition coefficient (Wildman–Crippen LogP) is 1.81. The van der Waals surface area contributed by atoms with E-state index in [1.807, 2.05) is 24.3 Å². The van der Waals surface area contributed by atoms with Crippen LogP contribution in [0.3, 0.4) is 0 Å². The van der Waals surface area contributed by atoms with Crippen LogP contribution in [0.4, 0.5) is 5.69 Å². The highest BCUT2D eigenvalue weighted by molar-refractivity contribution is 6.30. The molecule has 0 spiro atoms. The van der Waals surface area contributed by atoms with E-state index in [1.54, 1.807) is 6.92 Å². The van der Waals surface area contributed by atoms with Crippen molar-refractivity contribution >= 4 is 29.1 Å². The van der Waals surface area contributed by atoms with Crippen LogP contribution in [0.25, 0.3) is 0 Å². The van der Waals surface area contributed by atoms with E-state index >= 15 is 0 Å². The van der Waals surface area contributed by atoms with Crippen molar-refractivity contribution in [1.82, 2.24) is 10.6 Å². The SMILES string of the molecule is CC(=O)NC(C)C(=O)NCC1CCN(c2ccc(Cl)cc2)C1. The fourth-order valence-corrected chi connectivity index (χ4v) is 2.78. The van der Waals surface area contributed by atoms with E-state index in [-0.39, 0.29) is 11.8 Å². The number of halogens is 1. The van der Waals surface area contributed by atoms with Gasteiger partial charge in [0.15, 0.2) is 0 Å². The Bertz CT molecular complexity index is 533. The van der Waals surface area contributed by atoms with Gasteiger partial charge in [-0.1, -0.05) is 11.6 Å². The molecule has 2 amide bonds. The van der Waals surface area contributed by atoms with Gasteiger partial charge in [-0.15, -0.1) is 0 Å². The highest BCUT2D eigenvalue weighted by Gasteiger charge is 2.24. The zero-order valence-electron chi connectivity index (χ0n) is 12.9. The molecule has 1 aromatic rings. The molecule has 1 saturated heterocycles. The van der Waals surface area contributed by atoms with Gasteiger partial charge in [0.2, 0.25) is 11.8 Å². The Labute approximate surface area is 136 Å². The van der Waals surface area contributed by atoms with Crippen molar-refractivity contribution in [2.75, 3.05) is 24.5 Å². The molecule has 2 unspecified atom stereocenters. The summed E-state index contributed by atoms with van der Waals surface area (Å²) in [4.78, 5) is 25.1. The number of amides is 2. The van der Waals surface area contributed by atoms with Crippen molar-refractivity contribution in [3.05, 3.63) is 29.3 Å². The first-order valence-corrected chi connectivity index (χ1v) is 7.89. The highest BCUT2D eigenvalue weighted by atomic mass is 35.5. The van der Waals surface area contributed by atoms with Gasteiger partial charge in [0.1, 0.15) is 6.04 Å². The van der Waals surface area contributed by atoms with Crippen LogP contribution in [0.2, 0.25) is 5.02 Å². The topological polar surface area (TPSA) is 61.4 Å². The monoisotopic (exact) mass is 323 g/mol. The fourth-order valence-electron chi connectivity index (χ4n) is 2.65. The molecule has 6 heteroatoms. The highest BCUT2D eigenvalue weighted by Crippen LogP contribution is 2.24. The van der Waals surface area contributed by atoms with E-state index in [0.717, 1.165) is 30.2 Å². The van der Waals surface area contributed by atoms with Crippen LogP contribution in [0.15, 0.2) is 24.3 Å². The van der Waals surface area contributed by atoms with E-state index in [2.05, 4.69) is 15.5 Å². The summed E-state index contributed by atoms with van der Waals surface area (Å²) in [6.07, 6.45) is 1.04. The summed E-state index contributed by atoms with van der Waals surface area (Å²) in [6, 6.07) is 7.32. The quantitative estimate of drug-likeness (QED) is 0.868. The second kappa shape index (κ2) is 7.49. The average molecular weight is 324 g/mol. The van der Waals surface area contributed by atoms with Crippen molar-refractivity contribution < 1.29 is 9.59 Å². The third-order valence-corrected chi connectivity index (χ3v) is 4.11. The normalized spacial score (nSPS) is 18.9. The molecule has 1 heterocycles. The van der Waals surface area contributed by atoms with Crippen LogP contribution in [0.5, 0.6) is 0 Å². The third-order valence-electron chi connectivity index (χ3n) is 3.86. The van der Waals surface area contributed by atoms with E-state index < -0.39 is 6.04 Å². The van der Waals surface area contributed by atoms with Crippen molar-refractivity contribution in [2.45, 2.75) is 26.3 Å². The number of anilines is 1. The Morgan fingerprint density at radius 1 is 1.36 bits per heavy atom. The van der Waals surface area contributed by atoms with Gasteiger partial charge < -0.3 is 15.5 Å². The lowest BCUT2D eigenvalue weighted by atomic mass is 10.1. The Balaban J connectivity index is 1.78. The zero-order chi connectivity index (χ0) is 16.1. The van der Waals surface area contributed by atoms with Crippen LogP contribution in [-0.4, -0.2) is 37.5 Å². The van der Waals surface area contributed by atoms with Gasteiger partial charge >= 0.3 is 0 Å². The molecule has 0 aliphatic carbocycles. The third kappa shape index (κ3) is 4.63. The number of hydrogen-bond donors (Lipinski definition) is 2. The van der Waals surface area contributed by atoms with Crippen LogP contribution in [0, 0.1) is 5.92 Å². The summed E-state index contributed by atoms with van der Waals surface area (Å²) >= 11 is 5.90. The first kappa shape index (κ1) is 16.6. The summed E-state index contributed by atoms with van der Waals surface area (Å²) in [6.45, 7) is 5.61. The van der Waals surface area contributed by atoms with E-state index in [0.29, 0.717) is 12.5 Å². The minimum Gasteiger partial charge on any atom is -0.371 e. The van der Waals surface area contributed by atoms with Gasteiger partial charge in [-0.05, 0) is 43.5 Å². The summed E-state index contributed by atoms with van der Waals surface area (Å²) in [7, 11) is 0. The Kier molecular flexibility index (Phi) is 5.66. The van der Waals surface area contributed by atoms with E-state index in [9.17, 15) is 9.59 Å². The largest absolute Gasteiger partial charge is 0.371 e. The van der Waals surface area contributed by atoms with Crippen LogP contribution in [0.1, 0.15) is 20.3 Å². The lowest BCUT2D eigenvalue weighted by Crippen LogP contribution is -2.45. The molecule has 1 aliphatic rings. The Morgan fingerprint density at radius 2 is 2.05 bits per heavy atom. The number of carbonyl (C=O) groups is 2. The number of nitrogens with zero attached hydrogens (tertiary/aromatic N) is 1. The van der Waals surface area contributed by atoms with E-state index in [1.165, 1.54) is 6.92 Å². The predicted molar refractivity (Wildman–Crippen MR) is 88.1 cm³/mol. The number of nitrogens with one attached hydrogen (secondary N) is 2. The van der Waals surface area contributed by atoms with Crippen molar-refractivity contribution in [2.24, 2.45) is 5.92 Å². The Hall–Kier alpha value is -1.75. The van der Waals surface area contributed by atoms with Gasteiger partial charge in [-0.2, -0.15) is 0 Å². The molecule has 2 rings (SSSR count). The van der Waals surface area contributed by atoms with E-state index in [4.69, 9.17) is 11.6 Å². The van der Waals surface area contributed by atoms with Crippen molar-refractivity contribution in [3.63, 3.8) is 0 Å². The van der Waals surface area contributed by atoms with Gasteiger partial charge in [0, 0.05) is 37.3 Å². The van der Waals surface area contributed by atoms with Gasteiger partial charge in [-0.25, -0.2) is 0 Å². The molecule has 1 aromatic carbocycles. The molecule has 1 aliphatic heterocycles. The minimum absolute atomic E-state index is 0.139. The minimum atomic E-state index is -0.494. The second-order valence-electron chi connectivity index (χ2n) is 5.74. The van der Waals surface area contributed by atoms with Crippen molar-refractivity contribution in [1.29, 1.82) is 0 Å². The molecule has 5 nitrogen and oxygen atoms in total. The summed E-state index contributed by atoms with van der Waals surface area (Å²) in [5.74, 6) is 0.0849. The summed E-state index contributed by atoms with van der Waals surface area (Å²) < 4.78 is 0. The number of hydrogen-bond acceptors (Lipinski definition) is 3. The summed E-state index contributed by atoms with van der Waals surface area (Å²) in [5.41, 5.74) is 1.16. The molecule has 2 N–H and O–H groups in total. The van der Waals surface area contributed by atoms with Gasteiger partial charge in [-0.3, -0.25) is 9.59 Å². The van der Waals surface area contributed by atoms with Gasteiger partial charge in [0.05, 0.1) is 0 Å². The maximum absolute atomic E-state index is 11.9. The lowest BCUT2D eigenvalue weighted by molar-refractivity contribution is -0.127. The molecule has 0 aromatic heterocycles. The van der Waals surface area contributed by atoms with Crippen molar-refractivity contribution in [3.8, 4) is 0 Å². The average Bonchev–Trinajstić information content (AvgIpc) is 2.93. The molecule has 1 fully saturated rings. The second-order valence-corrected chi connectivity index (χ2v) is 6.18. The maximum atomic E-state index is 11.9. The standard InChI is InChI=1S/C16H22ClN3O2/c1-11(19-12(2)21)16(22)18-9-13-7-8-20(10-13)15-5-3-14(17)4-6-15/h3-6,11,13H,7-10H2,1-2H3,(H,18,22)(H,19,21). The number of carbonyl (C=O) groups excluding carboxylic acids is 2. The molecular formula is C16H22ClN3O2. The molecule has 120 valence electrons. The van der Waals surface area contributed by atoms with Crippen LogP contribution in [-0.2, 0) is 9.59 Å². The first-order valence-electron chi connectivity index (χ1n) is 7.51. The lowest BCUT2D eigenvalue weighted by Gasteiger charge is -2.19.